The lowest BCUT2D eigenvalue weighted by Crippen LogP contribution is -2.29. The first-order valence-corrected chi connectivity index (χ1v) is 8.08. The summed E-state index contributed by atoms with van der Waals surface area (Å²) in [6, 6.07) is 13.0. The topological polar surface area (TPSA) is 61.4 Å². The SMILES string of the molecule is O=C(NCc1cccc(Cl)c1)Nc1cccc2c1CC(O)CC2. The number of nitrogens with one attached hydrogen (secondary N) is 2. The van der Waals surface area contributed by atoms with E-state index in [-0.39, 0.29) is 12.1 Å². The molecular weight excluding hydrogens is 312 g/mol. The zero-order chi connectivity index (χ0) is 16.2. The largest absolute Gasteiger partial charge is 0.393 e. The first-order chi connectivity index (χ1) is 11.1. The van der Waals surface area contributed by atoms with Gasteiger partial charge in [0.2, 0.25) is 0 Å². The lowest BCUT2D eigenvalue weighted by atomic mass is 9.88. The first-order valence-electron chi connectivity index (χ1n) is 7.70. The molecule has 3 N–H and O–H groups in total. The van der Waals surface area contributed by atoms with Gasteiger partial charge in [-0.05, 0) is 47.7 Å². The van der Waals surface area contributed by atoms with Gasteiger partial charge in [-0.25, -0.2) is 4.79 Å². The minimum absolute atomic E-state index is 0.265. The molecule has 1 aliphatic rings. The molecule has 0 radical (unpaired) electrons. The summed E-state index contributed by atoms with van der Waals surface area (Å²) in [7, 11) is 0. The van der Waals surface area contributed by atoms with Gasteiger partial charge in [-0.2, -0.15) is 0 Å². The van der Waals surface area contributed by atoms with Crippen LogP contribution in [0.1, 0.15) is 23.1 Å². The van der Waals surface area contributed by atoms with Crippen molar-refractivity contribution < 1.29 is 9.90 Å². The molecule has 5 heteroatoms. The van der Waals surface area contributed by atoms with Crippen LogP contribution >= 0.6 is 11.6 Å². The van der Waals surface area contributed by atoms with E-state index < -0.39 is 0 Å². The number of benzene rings is 2. The highest BCUT2D eigenvalue weighted by Gasteiger charge is 2.19. The van der Waals surface area contributed by atoms with Crippen LogP contribution in [0.4, 0.5) is 10.5 Å². The highest BCUT2D eigenvalue weighted by atomic mass is 35.5. The average Bonchev–Trinajstić information content (AvgIpc) is 2.54. The summed E-state index contributed by atoms with van der Waals surface area (Å²) in [5.41, 5.74) is 3.94. The van der Waals surface area contributed by atoms with Crippen molar-refractivity contribution in [3.8, 4) is 0 Å². The maximum atomic E-state index is 12.1. The lowest BCUT2D eigenvalue weighted by molar-refractivity contribution is 0.159. The Labute approximate surface area is 140 Å². The molecule has 2 aromatic carbocycles. The van der Waals surface area contributed by atoms with Gasteiger partial charge in [0.1, 0.15) is 0 Å². The van der Waals surface area contributed by atoms with E-state index in [1.54, 1.807) is 6.07 Å². The summed E-state index contributed by atoms with van der Waals surface area (Å²) >= 11 is 5.93. The number of aryl methyl sites for hydroxylation is 1. The normalized spacial score (nSPS) is 16.5. The van der Waals surface area contributed by atoms with Crippen molar-refractivity contribution in [3.05, 3.63) is 64.2 Å². The molecule has 1 atom stereocenters. The fourth-order valence-electron chi connectivity index (χ4n) is 2.88. The number of aliphatic hydroxyl groups excluding tert-OH is 1. The quantitative estimate of drug-likeness (QED) is 0.806. The molecule has 0 fully saturated rings. The van der Waals surface area contributed by atoms with Crippen molar-refractivity contribution in [1.29, 1.82) is 0 Å². The Kier molecular flexibility index (Phi) is 4.84. The van der Waals surface area contributed by atoms with Gasteiger partial charge in [0.15, 0.2) is 0 Å². The van der Waals surface area contributed by atoms with Crippen molar-refractivity contribution in [2.45, 2.75) is 31.9 Å². The van der Waals surface area contributed by atoms with Crippen molar-refractivity contribution in [1.82, 2.24) is 5.32 Å². The van der Waals surface area contributed by atoms with Crippen molar-refractivity contribution in [2.24, 2.45) is 0 Å². The number of urea groups is 1. The molecule has 3 rings (SSSR count). The predicted molar refractivity (Wildman–Crippen MR) is 91.8 cm³/mol. The van der Waals surface area contributed by atoms with E-state index in [1.165, 1.54) is 5.56 Å². The number of hydrogen-bond donors (Lipinski definition) is 3. The maximum Gasteiger partial charge on any atom is 0.319 e. The van der Waals surface area contributed by atoms with E-state index in [0.29, 0.717) is 18.0 Å². The fraction of sp³-hybridized carbons (Fsp3) is 0.278. The third kappa shape index (κ3) is 4.03. The highest BCUT2D eigenvalue weighted by Crippen LogP contribution is 2.28. The number of fused-ring (bicyclic) bond motifs is 1. The Balaban J connectivity index is 1.64. The predicted octanol–water partition coefficient (Wildman–Crippen LogP) is 3.51. The number of halogens is 1. The second kappa shape index (κ2) is 7.02. The van der Waals surface area contributed by atoms with E-state index in [2.05, 4.69) is 16.7 Å². The number of anilines is 1. The first kappa shape index (κ1) is 15.8. The molecule has 0 aliphatic heterocycles. The van der Waals surface area contributed by atoms with Crippen LogP contribution in [0.5, 0.6) is 0 Å². The minimum Gasteiger partial charge on any atom is -0.393 e. The Bertz CT molecular complexity index is 718. The van der Waals surface area contributed by atoms with Crippen LogP contribution < -0.4 is 10.6 Å². The monoisotopic (exact) mass is 330 g/mol. The van der Waals surface area contributed by atoms with E-state index in [4.69, 9.17) is 11.6 Å². The van der Waals surface area contributed by atoms with Gasteiger partial charge >= 0.3 is 6.03 Å². The molecule has 0 spiro atoms. The zero-order valence-electron chi connectivity index (χ0n) is 12.7. The van der Waals surface area contributed by atoms with Crippen molar-refractivity contribution in [2.75, 3.05) is 5.32 Å². The summed E-state index contributed by atoms with van der Waals surface area (Å²) in [5.74, 6) is 0. The molecule has 4 nitrogen and oxygen atoms in total. The summed E-state index contributed by atoms with van der Waals surface area (Å²) in [6.45, 7) is 0.407. The summed E-state index contributed by atoms with van der Waals surface area (Å²) in [5, 5.41) is 16.2. The molecule has 2 amide bonds. The van der Waals surface area contributed by atoms with Crippen molar-refractivity contribution in [3.63, 3.8) is 0 Å². The number of carbonyl (C=O) groups is 1. The maximum absolute atomic E-state index is 12.1. The molecule has 0 bridgehead atoms. The van der Waals surface area contributed by atoms with Gasteiger partial charge in [-0.3, -0.25) is 0 Å². The average molecular weight is 331 g/mol. The van der Waals surface area contributed by atoms with Crippen molar-refractivity contribution >= 4 is 23.3 Å². The van der Waals surface area contributed by atoms with Crippen LogP contribution in [0.2, 0.25) is 5.02 Å². The Hall–Kier alpha value is -2.04. The van der Waals surface area contributed by atoms with E-state index in [0.717, 1.165) is 29.7 Å². The van der Waals surface area contributed by atoms with Crippen LogP contribution in [0.15, 0.2) is 42.5 Å². The molecule has 120 valence electrons. The standard InChI is InChI=1S/C18H19ClN2O2/c19-14-5-1-3-12(9-14)11-20-18(23)21-17-6-2-4-13-7-8-15(22)10-16(13)17/h1-6,9,15,22H,7-8,10-11H2,(H2,20,21,23). The van der Waals surface area contributed by atoms with Crippen LogP contribution in [0.3, 0.4) is 0 Å². The van der Waals surface area contributed by atoms with Crippen LogP contribution in [-0.2, 0) is 19.4 Å². The Morgan fingerprint density at radius 3 is 2.91 bits per heavy atom. The second-order valence-electron chi connectivity index (χ2n) is 5.78. The zero-order valence-corrected chi connectivity index (χ0v) is 13.4. The number of hydrogen-bond acceptors (Lipinski definition) is 2. The molecule has 1 aliphatic carbocycles. The summed E-state index contributed by atoms with van der Waals surface area (Å²) in [4.78, 5) is 12.1. The van der Waals surface area contributed by atoms with Gasteiger partial charge in [-0.15, -0.1) is 0 Å². The number of amides is 2. The van der Waals surface area contributed by atoms with Gasteiger partial charge < -0.3 is 15.7 Å². The van der Waals surface area contributed by atoms with E-state index >= 15 is 0 Å². The van der Waals surface area contributed by atoms with Crippen LogP contribution in [0.25, 0.3) is 0 Å². The van der Waals surface area contributed by atoms with Crippen LogP contribution in [0, 0.1) is 0 Å². The fourth-order valence-corrected chi connectivity index (χ4v) is 3.10. The van der Waals surface area contributed by atoms with Crippen LogP contribution in [-0.4, -0.2) is 17.2 Å². The highest BCUT2D eigenvalue weighted by molar-refractivity contribution is 6.30. The Morgan fingerprint density at radius 2 is 2.09 bits per heavy atom. The van der Waals surface area contributed by atoms with Gasteiger partial charge in [0.05, 0.1) is 6.10 Å². The smallest absolute Gasteiger partial charge is 0.319 e. The molecule has 2 aromatic rings. The van der Waals surface area contributed by atoms with Gasteiger partial charge in [0, 0.05) is 23.7 Å². The molecule has 0 saturated heterocycles. The molecule has 23 heavy (non-hydrogen) atoms. The number of carbonyl (C=O) groups excluding carboxylic acids is 1. The summed E-state index contributed by atoms with van der Waals surface area (Å²) < 4.78 is 0. The molecule has 0 aromatic heterocycles. The van der Waals surface area contributed by atoms with E-state index in [9.17, 15) is 9.90 Å². The lowest BCUT2D eigenvalue weighted by Gasteiger charge is -2.23. The van der Waals surface area contributed by atoms with E-state index in [1.807, 2.05) is 30.3 Å². The Morgan fingerprint density at radius 1 is 1.26 bits per heavy atom. The molecule has 0 heterocycles. The van der Waals surface area contributed by atoms with Gasteiger partial charge in [-0.1, -0.05) is 35.9 Å². The molecule has 1 unspecified atom stereocenters. The molecular formula is C18H19ClN2O2. The molecule has 0 saturated carbocycles. The number of aliphatic hydroxyl groups is 1. The summed E-state index contributed by atoms with van der Waals surface area (Å²) in [6.07, 6.45) is 1.87. The second-order valence-corrected chi connectivity index (χ2v) is 6.21. The minimum atomic E-state index is -0.333. The third-order valence-corrected chi connectivity index (χ3v) is 4.29. The van der Waals surface area contributed by atoms with Gasteiger partial charge in [0.25, 0.3) is 0 Å². The third-order valence-electron chi connectivity index (χ3n) is 4.05. The number of rotatable bonds is 3.